The number of nitrogens with one attached hydrogen (secondary N) is 1. The molecule has 0 spiro atoms. The number of rotatable bonds is 8. The molecular weight excluding hydrogens is 272 g/mol. The first-order valence-corrected chi connectivity index (χ1v) is 7.15. The van der Waals surface area contributed by atoms with Gasteiger partial charge in [-0.3, -0.25) is 19.1 Å². The van der Waals surface area contributed by atoms with Crippen molar-refractivity contribution >= 4 is 5.97 Å². The van der Waals surface area contributed by atoms with Gasteiger partial charge >= 0.3 is 11.7 Å². The van der Waals surface area contributed by atoms with Gasteiger partial charge in [0.1, 0.15) is 6.61 Å². The second-order valence-corrected chi connectivity index (χ2v) is 4.84. The summed E-state index contributed by atoms with van der Waals surface area (Å²) in [4.78, 5) is 36.3. The average Bonchev–Trinajstić information content (AvgIpc) is 2.44. The number of nitrogens with zero attached hydrogens (tertiary/aromatic N) is 1. The standard InChI is InChI=1S/C15H22N2O4/c1-3-4-5-8-13(18)21-10-7-6-9-17-11-12(2)14(19)16-15(17)20/h6-7,11H,3-5,8-10H2,1-2H3,(H,16,19,20)/b7-6-. The van der Waals surface area contributed by atoms with Crippen LogP contribution < -0.4 is 11.2 Å². The topological polar surface area (TPSA) is 81.2 Å². The number of carbonyl (C=O) groups excluding carboxylic acids is 1. The fraction of sp³-hybridized carbons (Fsp3) is 0.533. The Morgan fingerprint density at radius 3 is 2.81 bits per heavy atom. The number of hydrogen-bond donors (Lipinski definition) is 1. The van der Waals surface area contributed by atoms with Crippen LogP contribution in [0, 0.1) is 6.92 Å². The summed E-state index contributed by atoms with van der Waals surface area (Å²) in [6, 6.07) is 0. The smallest absolute Gasteiger partial charge is 0.328 e. The highest BCUT2D eigenvalue weighted by molar-refractivity contribution is 5.69. The van der Waals surface area contributed by atoms with Crippen molar-refractivity contribution in [2.75, 3.05) is 6.61 Å². The molecule has 0 aliphatic carbocycles. The van der Waals surface area contributed by atoms with E-state index in [1.54, 1.807) is 19.1 Å². The van der Waals surface area contributed by atoms with Crippen molar-refractivity contribution in [2.45, 2.75) is 46.1 Å². The maximum Gasteiger partial charge on any atom is 0.328 e. The summed E-state index contributed by atoms with van der Waals surface area (Å²) >= 11 is 0. The van der Waals surface area contributed by atoms with Crippen LogP contribution in [-0.2, 0) is 16.1 Å². The van der Waals surface area contributed by atoms with E-state index < -0.39 is 5.69 Å². The van der Waals surface area contributed by atoms with Gasteiger partial charge in [-0.1, -0.05) is 25.8 Å². The molecule has 1 aromatic heterocycles. The van der Waals surface area contributed by atoms with Gasteiger partial charge in [0.05, 0.1) is 0 Å². The Labute approximate surface area is 123 Å². The second kappa shape index (κ2) is 8.94. The molecule has 0 aliphatic rings. The van der Waals surface area contributed by atoms with Crippen LogP contribution >= 0.6 is 0 Å². The van der Waals surface area contributed by atoms with Gasteiger partial charge in [0.25, 0.3) is 5.56 Å². The van der Waals surface area contributed by atoms with Crippen molar-refractivity contribution in [1.29, 1.82) is 0 Å². The number of esters is 1. The van der Waals surface area contributed by atoms with E-state index in [0.29, 0.717) is 18.5 Å². The number of carbonyl (C=O) groups is 1. The lowest BCUT2D eigenvalue weighted by molar-refractivity contribution is -0.142. The normalized spacial score (nSPS) is 11.0. The SMILES string of the molecule is CCCCCC(=O)OC/C=C\Cn1cc(C)c(=O)[nH]c1=O. The Morgan fingerprint density at radius 1 is 1.33 bits per heavy atom. The van der Waals surface area contributed by atoms with E-state index in [1.165, 1.54) is 10.8 Å². The Kier molecular flexibility index (Phi) is 7.21. The number of unbranched alkanes of at least 4 members (excludes halogenated alkanes) is 2. The van der Waals surface area contributed by atoms with Gasteiger partial charge in [-0.25, -0.2) is 4.79 Å². The van der Waals surface area contributed by atoms with Gasteiger partial charge in [0.2, 0.25) is 0 Å². The van der Waals surface area contributed by atoms with Crippen LogP contribution in [0.25, 0.3) is 0 Å². The lowest BCUT2D eigenvalue weighted by Crippen LogP contribution is -2.30. The minimum absolute atomic E-state index is 0.196. The number of aromatic nitrogens is 2. The summed E-state index contributed by atoms with van der Waals surface area (Å²) < 4.78 is 6.41. The number of aryl methyl sites for hydroxylation is 1. The molecule has 0 saturated carbocycles. The largest absolute Gasteiger partial charge is 0.461 e. The first-order valence-electron chi connectivity index (χ1n) is 7.15. The zero-order valence-corrected chi connectivity index (χ0v) is 12.6. The molecule has 6 heteroatoms. The summed E-state index contributed by atoms with van der Waals surface area (Å²) in [6.07, 6.45) is 8.30. The monoisotopic (exact) mass is 294 g/mol. The predicted molar refractivity (Wildman–Crippen MR) is 80.3 cm³/mol. The number of ether oxygens (including phenoxy) is 1. The third kappa shape index (κ3) is 6.25. The Hall–Kier alpha value is -2.11. The van der Waals surface area contributed by atoms with Gasteiger partial charge < -0.3 is 4.74 Å². The zero-order valence-electron chi connectivity index (χ0n) is 12.6. The highest BCUT2D eigenvalue weighted by Crippen LogP contribution is 2.00. The van der Waals surface area contributed by atoms with Crippen LogP contribution in [0.3, 0.4) is 0 Å². The Bertz CT molecular complexity index is 598. The van der Waals surface area contributed by atoms with Crippen molar-refractivity contribution in [3.05, 3.63) is 44.8 Å². The summed E-state index contributed by atoms with van der Waals surface area (Å²) in [5.41, 5.74) is -0.349. The lowest BCUT2D eigenvalue weighted by Gasteiger charge is -2.03. The lowest BCUT2D eigenvalue weighted by atomic mass is 10.2. The van der Waals surface area contributed by atoms with Gasteiger partial charge in [-0.05, 0) is 19.4 Å². The number of allylic oxidation sites excluding steroid dienone is 1. The van der Waals surface area contributed by atoms with Crippen LogP contribution in [0.5, 0.6) is 0 Å². The van der Waals surface area contributed by atoms with Crippen molar-refractivity contribution in [1.82, 2.24) is 9.55 Å². The predicted octanol–water partition coefficient (Wildman–Crippen LogP) is 1.52. The van der Waals surface area contributed by atoms with E-state index in [4.69, 9.17) is 4.74 Å². The third-order valence-corrected chi connectivity index (χ3v) is 2.98. The molecular formula is C15H22N2O4. The van der Waals surface area contributed by atoms with E-state index in [-0.39, 0.29) is 18.1 Å². The minimum Gasteiger partial charge on any atom is -0.461 e. The van der Waals surface area contributed by atoms with Crippen LogP contribution in [0.4, 0.5) is 0 Å². The van der Waals surface area contributed by atoms with Crippen LogP contribution in [0.15, 0.2) is 27.9 Å². The maximum atomic E-state index is 11.5. The third-order valence-electron chi connectivity index (χ3n) is 2.98. The number of aromatic amines is 1. The Balaban J connectivity index is 2.36. The molecule has 0 saturated heterocycles. The molecule has 0 bridgehead atoms. The summed E-state index contributed by atoms with van der Waals surface area (Å²) in [5, 5.41) is 0. The quantitative estimate of drug-likeness (QED) is 0.448. The fourth-order valence-electron chi connectivity index (χ4n) is 1.74. The molecule has 21 heavy (non-hydrogen) atoms. The molecule has 1 heterocycles. The highest BCUT2D eigenvalue weighted by Gasteiger charge is 2.00. The molecule has 6 nitrogen and oxygen atoms in total. The van der Waals surface area contributed by atoms with Gasteiger partial charge in [0.15, 0.2) is 0 Å². The number of H-pyrrole nitrogens is 1. The summed E-state index contributed by atoms with van der Waals surface area (Å²) in [7, 11) is 0. The molecule has 0 aromatic carbocycles. The first-order chi connectivity index (χ1) is 10.0. The second-order valence-electron chi connectivity index (χ2n) is 4.84. The van der Waals surface area contributed by atoms with Gasteiger partial charge in [0, 0.05) is 24.7 Å². The molecule has 0 radical (unpaired) electrons. The molecule has 0 unspecified atom stereocenters. The molecule has 1 N–H and O–H groups in total. The molecule has 1 aromatic rings. The van der Waals surface area contributed by atoms with E-state index in [9.17, 15) is 14.4 Å². The number of hydrogen-bond acceptors (Lipinski definition) is 4. The van der Waals surface area contributed by atoms with Gasteiger partial charge in [-0.15, -0.1) is 0 Å². The van der Waals surface area contributed by atoms with E-state index >= 15 is 0 Å². The summed E-state index contributed by atoms with van der Waals surface area (Å²) in [6.45, 7) is 4.23. The molecule has 116 valence electrons. The first kappa shape index (κ1) is 16.9. The van der Waals surface area contributed by atoms with Gasteiger partial charge in [-0.2, -0.15) is 0 Å². The van der Waals surface area contributed by atoms with Crippen LogP contribution in [0.2, 0.25) is 0 Å². The van der Waals surface area contributed by atoms with Crippen molar-refractivity contribution in [3.8, 4) is 0 Å². The molecule has 0 fully saturated rings. The van der Waals surface area contributed by atoms with Crippen molar-refractivity contribution in [2.24, 2.45) is 0 Å². The fourth-order valence-corrected chi connectivity index (χ4v) is 1.74. The zero-order chi connectivity index (χ0) is 15.7. The highest BCUT2D eigenvalue weighted by atomic mass is 16.5. The van der Waals surface area contributed by atoms with E-state index in [0.717, 1.165) is 19.3 Å². The maximum absolute atomic E-state index is 11.5. The molecule has 0 atom stereocenters. The molecule has 1 rings (SSSR count). The van der Waals surface area contributed by atoms with E-state index in [2.05, 4.69) is 11.9 Å². The van der Waals surface area contributed by atoms with Crippen molar-refractivity contribution < 1.29 is 9.53 Å². The molecule has 0 aliphatic heterocycles. The van der Waals surface area contributed by atoms with Crippen molar-refractivity contribution in [3.63, 3.8) is 0 Å². The average molecular weight is 294 g/mol. The minimum atomic E-state index is -0.452. The van der Waals surface area contributed by atoms with E-state index in [1.807, 2.05) is 0 Å². The summed E-state index contributed by atoms with van der Waals surface area (Å²) in [5.74, 6) is -0.204. The van der Waals surface area contributed by atoms with Crippen LogP contribution in [-0.4, -0.2) is 22.1 Å². The van der Waals surface area contributed by atoms with Crippen LogP contribution in [0.1, 0.15) is 38.2 Å². The molecule has 0 amide bonds. The Morgan fingerprint density at radius 2 is 2.10 bits per heavy atom.